The predicted molar refractivity (Wildman–Crippen MR) is 109 cm³/mol. The van der Waals surface area contributed by atoms with Crippen molar-refractivity contribution < 1.29 is 9.13 Å². The van der Waals surface area contributed by atoms with Crippen molar-refractivity contribution in [2.24, 2.45) is 0 Å². The quantitative estimate of drug-likeness (QED) is 0.685. The number of nitrogens with zero attached hydrogens (tertiary/aromatic N) is 2. The van der Waals surface area contributed by atoms with E-state index in [1.807, 2.05) is 6.20 Å². The molecule has 146 valence electrons. The Labute approximate surface area is 165 Å². The molecular weight excluding hydrogens is 353 g/mol. The van der Waals surface area contributed by atoms with Crippen molar-refractivity contribution in [3.05, 3.63) is 71.3 Å². The Morgan fingerprint density at radius 2 is 2.00 bits per heavy atom. The third-order valence-corrected chi connectivity index (χ3v) is 5.64. The van der Waals surface area contributed by atoms with Gasteiger partial charge < -0.3 is 4.74 Å². The van der Waals surface area contributed by atoms with Gasteiger partial charge in [-0.05, 0) is 56.6 Å². The van der Waals surface area contributed by atoms with E-state index in [9.17, 15) is 4.39 Å². The van der Waals surface area contributed by atoms with Crippen molar-refractivity contribution in [2.75, 3.05) is 20.2 Å². The molecule has 1 fully saturated rings. The zero-order chi connectivity index (χ0) is 19.5. The van der Waals surface area contributed by atoms with Gasteiger partial charge in [-0.15, -0.1) is 0 Å². The zero-order valence-electron chi connectivity index (χ0n) is 16.4. The number of hydrogen-bond donors (Lipinski definition) is 1. The summed E-state index contributed by atoms with van der Waals surface area (Å²) < 4.78 is 19.4. The topological polar surface area (TPSA) is 41.1 Å². The summed E-state index contributed by atoms with van der Waals surface area (Å²) in [5.41, 5.74) is 5.57. The Hall–Kier alpha value is -2.66. The zero-order valence-corrected chi connectivity index (χ0v) is 16.4. The molecular formula is C23H26FN3O. The fourth-order valence-corrected chi connectivity index (χ4v) is 4.07. The van der Waals surface area contributed by atoms with Crippen LogP contribution in [0.25, 0.3) is 11.1 Å². The van der Waals surface area contributed by atoms with Crippen LogP contribution >= 0.6 is 0 Å². The van der Waals surface area contributed by atoms with E-state index in [2.05, 4.69) is 46.3 Å². The fraction of sp³-hybridized carbons (Fsp3) is 0.348. The Bertz CT molecular complexity index is 945. The molecule has 1 aromatic heterocycles. The number of rotatable bonds is 5. The maximum Gasteiger partial charge on any atom is 0.127 e. The first-order chi connectivity index (χ1) is 13.6. The van der Waals surface area contributed by atoms with Crippen molar-refractivity contribution in [1.29, 1.82) is 0 Å². The largest absolute Gasteiger partial charge is 0.497 e. The highest BCUT2D eigenvalue weighted by Gasteiger charge is 2.25. The highest BCUT2D eigenvalue weighted by atomic mass is 19.1. The summed E-state index contributed by atoms with van der Waals surface area (Å²) in [7, 11) is 1.61. The molecule has 0 unspecified atom stereocenters. The number of hydrogen-bond acceptors (Lipinski definition) is 3. The molecule has 1 saturated heterocycles. The van der Waals surface area contributed by atoms with Crippen LogP contribution in [0, 0.1) is 12.7 Å². The summed E-state index contributed by atoms with van der Waals surface area (Å²) in [5, 5.41) is 7.56. The van der Waals surface area contributed by atoms with E-state index < -0.39 is 0 Å². The molecule has 0 radical (unpaired) electrons. The van der Waals surface area contributed by atoms with Crippen LogP contribution in [0.1, 0.15) is 35.6 Å². The van der Waals surface area contributed by atoms with Gasteiger partial charge in [-0.25, -0.2) is 4.39 Å². The van der Waals surface area contributed by atoms with Crippen LogP contribution in [0.15, 0.2) is 48.7 Å². The second-order valence-electron chi connectivity index (χ2n) is 7.57. The summed E-state index contributed by atoms with van der Waals surface area (Å²) in [4.78, 5) is 2.32. The molecule has 4 nitrogen and oxygen atoms in total. The summed E-state index contributed by atoms with van der Waals surface area (Å²) >= 11 is 0. The van der Waals surface area contributed by atoms with Crippen molar-refractivity contribution in [3.63, 3.8) is 0 Å². The highest BCUT2D eigenvalue weighted by Crippen LogP contribution is 2.34. The van der Waals surface area contributed by atoms with E-state index in [0.29, 0.717) is 23.8 Å². The number of aryl methyl sites for hydroxylation is 1. The molecule has 28 heavy (non-hydrogen) atoms. The maximum atomic E-state index is 14.1. The van der Waals surface area contributed by atoms with Crippen LogP contribution in [0.4, 0.5) is 4.39 Å². The second kappa shape index (κ2) is 8.15. The lowest BCUT2D eigenvalue weighted by Crippen LogP contribution is -2.33. The lowest BCUT2D eigenvalue weighted by molar-refractivity contribution is 0.201. The first kappa shape index (κ1) is 18.7. The normalized spacial score (nSPS) is 15.7. The third-order valence-electron chi connectivity index (χ3n) is 5.64. The highest BCUT2D eigenvalue weighted by molar-refractivity contribution is 5.66. The van der Waals surface area contributed by atoms with E-state index in [-0.39, 0.29) is 5.82 Å². The van der Waals surface area contributed by atoms with Gasteiger partial charge in [0.2, 0.25) is 0 Å². The molecule has 1 aliphatic rings. The van der Waals surface area contributed by atoms with Crippen molar-refractivity contribution in [3.8, 4) is 16.9 Å². The summed E-state index contributed by atoms with van der Waals surface area (Å²) in [6.45, 7) is 4.60. The third kappa shape index (κ3) is 3.94. The van der Waals surface area contributed by atoms with Crippen LogP contribution in [0.5, 0.6) is 5.75 Å². The average Bonchev–Trinajstić information content (AvgIpc) is 3.20. The number of halogens is 1. The number of ether oxygens (including phenoxy) is 1. The first-order valence-electron chi connectivity index (χ1n) is 9.79. The Morgan fingerprint density at radius 1 is 1.18 bits per heavy atom. The minimum Gasteiger partial charge on any atom is -0.497 e. The van der Waals surface area contributed by atoms with Crippen LogP contribution in [-0.2, 0) is 6.54 Å². The molecule has 0 spiro atoms. The fourth-order valence-electron chi connectivity index (χ4n) is 4.07. The van der Waals surface area contributed by atoms with E-state index in [1.165, 1.54) is 28.5 Å². The van der Waals surface area contributed by atoms with E-state index >= 15 is 0 Å². The number of methoxy groups -OCH3 is 1. The molecule has 3 aromatic rings. The van der Waals surface area contributed by atoms with Crippen molar-refractivity contribution in [2.45, 2.75) is 32.2 Å². The molecule has 0 saturated carbocycles. The van der Waals surface area contributed by atoms with Gasteiger partial charge in [0.1, 0.15) is 11.6 Å². The van der Waals surface area contributed by atoms with Gasteiger partial charge in [0.15, 0.2) is 0 Å². The number of aromatic nitrogens is 2. The average molecular weight is 379 g/mol. The van der Waals surface area contributed by atoms with Crippen molar-refractivity contribution >= 4 is 0 Å². The monoisotopic (exact) mass is 379 g/mol. The summed E-state index contributed by atoms with van der Waals surface area (Å²) in [5.74, 6) is 0.981. The number of benzene rings is 2. The van der Waals surface area contributed by atoms with Crippen LogP contribution in [-0.4, -0.2) is 35.3 Å². The number of piperidine rings is 1. The molecule has 2 aromatic carbocycles. The molecule has 0 bridgehead atoms. The Kier molecular flexibility index (Phi) is 5.44. The first-order valence-corrected chi connectivity index (χ1v) is 9.79. The molecule has 0 amide bonds. The second-order valence-corrected chi connectivity index (χ2v) is 7.57. The number of H-pyrrole nitrogens is 1. The molecule has 0 atom stereocenters. The van der Waals surface area contributed by atoms with Crippen LogP contribution in [0.3, 0.4) is 0 Å². The van der Waals surface area contributed by atoms with E-state index in [1.54, 1.807) is 19.2 Å². The number of nitrogens with one attached hydrogen (secondary N) is 1. The van der Waals surface area contributed by atoms with Gasteiger partial charge in [0.05, 0.1) is 13.3 Å². The SMILES string of the molecule is COc1ccc(F)c(CN2CCC(c3[nH]ncc3-c3cccc(C)c3)CC2)c1. The van der Waals surface area contributed by atoms with Gasteiger partial charge in [-0.2, -0.15) is 5.10 Å². The van der Waals surface area contributed by atoms with Gasteiger partial charge in [0.25, 0.3) is 0 Å². The molecule has 1 N–H and O–H groups in total. The predicted octanol–water partition coefficient (Wildman–Crippen LogP) is 4.91. The van der Waals surface area contributed by atoms with E-state index in [4.69, 9.17) is 4.74 Å². The lowest BCUT2D eigenvalue weighted by atomic mass is 9.89. The number of likely N-dealkylation sites (tertiary alicyclic amines) is 1. The molecule has 4 rings (SSSR count). The lowest BCUT2D eigenvalue weighted by Gasteiger charge is -2.32. The minimum atomic E-state index is -0.168. The van der Waals surface area contributed by atoms with Crippen LogP contribution in [0.2, 0.25) is 0 Å². The standard InChI is InChI=1S/C23H26FN3O/c1-16-4-3-5-18(12-16)21-14-25-26-23(21)17-8-10-27(11-9-17)15-19-13-20(28-2)6-7-22(19)24/h3-7,12-14,17H,8-11,15H2,1-2H3,(H,25,26). The summed E-state index contributed by atoms with van der Waals surface area (Å²) in [6, 6.07) is 13.5. The molecule has 1 aliphatic heterocycles. The minimum absolute atomic E-state index is 0.168. The maximum absolute atomic E-state index is 14.1. The van der Waals surface area contributed by atoms with Crippen LogP contribution < -0.4 is 4.74 Å². The smallest absolute Gasteiger partial charge is 0.127 e. The number of aromatic amines is 1. The van der Waals surface area contributed by atoms with Gasteiger partial charge >= 0.3 is 0 Å². The van der Waals surface area contributed by atoms with Gasteiger partial charge in [0, 0.05) is 29.3 Å². The van der Waals surface area contributed by atoms with Gasteiger partial charge in [-0.1, -0.05) is 29.8 Å². The molecule has 2 heterocycles. The molecule has 5 heteroatoms. The van der Waals surface area contributed by atoms with Crippen molar-refractivity contribution in [1.82, 2.24) is 15.1 Å². The summed E-state index contributed by atoms with van der Waals surface area (Å²) in [6.07, 6.45) is 4.00. The Morgan fingerprint density at radius 3 is 2.75 bits per heavy atom. The van der Waals surface area contributed by atoms with Gasteiger partial charge in [-0.3, -0.25) is 10.00 Å². The Balaban J connectivity index is 1.44. The molecule has 0 aliphatic carbocycles. The van der Waals surface area contributed by atoms with E-state index in [0.717, 1.165) is 25.9 Å².